The van der Waals surface area contributed by atoms with E-state index in [2.05, 4.69) is 5.32 Å². The number of carbonyl (C=O) groups is 2. The van der Waals surface area contributed by atoms with E-state index in [0.29, 0.717) is 19.6 Å². The van der Waals surface area contributed by atoms with Gasteiger partial charge in [0, 0.05) is 39.8 Å². The van der Waals surface area contributed by atoms with Crippen LogP contribution in [0.3, 0.4) is 0 Å². The van der Waals surface area contributed by atoms with E-state index in [1.807, 2.05) is 6.92 Å². The number of nitrogens with zero attached hydrogens (tertiary/aromatic N) is 2. The Morgan fingerprint density at radius 1 is 1.32 bits per heavy atom. The van der Waals surface area contributed by atoms with Crippen molar-refractivity contribution in [2.45, 2.75) is 13.3 Å². The van der Waals surface area contributed by atoms with Crippen molar-refractivity contribution in [1.82, 2.24) is 15.1 Å². The molecule has 1 saturated heterocycles. The predicted molar refractivity (Wildman–Crippen MR) is 75.4 cm³/mol. The van der Waals surface area contributed by atoms with Crippen LogP contribution < -0.4 is 5.32 Å². The number of rotatable bonds is 6. The van der Waals surface area contributed by atoms with Crippen LogP contribution in [0.1, 0.15) is 13.3 Å². The number of hydrogen-bond acceptors (Lipinski definition) is 4. The van der Waals surface area contributed by atoms with Crippen molar-refractivity contribution in [2.24, 2.45) is 0 Å². The van der Waals surface area contributed by atoms with Crippen LogP contribution in [-0.2, 0) is 14.3 Å². The van der Waals surface area contributed by atoms with E-state index in [4.69, 9.17) is 4.74 Å². The topological polar surface area (TPSA) is 61.9 Å². The van der Waals surface area contributed by atoms with E-state index in [1.54, 1.807) is 11.9 Å². The second-order valence-electron chi connectivity index (χ2n) is 4.33. The highest BCUT2D eigenvalue weighted by Gasteiger charge is 2.19. The van der Waals surface area contributed by atoms with Crippen molar-refractivity contribution >= 4 is 24.2 Å². The Kier molecular flexibility index (Phi) is 9.55. The molecule has 0 unspecified atom stereocenters. The lowest BCUT2D eigenvalue weighted by Gasteiger charge is -2.29. The Morgan fingerprint density at radius 3 is 2.53 bits per heavy atom. The molecule has 6 nitrogen and oxygen atoms in total. The van der Waals surface area contributed by atoms with Gasteiger partial charge in [-0.25, -0.2) is 0 Å². The van der Waals surface area contributed by atoms with E-state index >= 15 is 0 Å². The summed E-state index contributed by atoms with van der Waals surface area (Å²) in [5, 5.41) is 3.19. The summed E-state index contributed by atoms with van der Waals surface area (Å²) in [5.41, 5.74) is 0. The van der Waals surface area contributed by atoms with Gasteiger partial charge in [-0.3, -0.25) is 9.59 Å². The van der Waals surface area contributed by atoms with Crippen molar-refractivity contribution in [3.63, 3.8) is 0 Å². The zero-order chi connectivity index (χ0) is 13.4. The average Bonchev–Trinajstić information content (AvgIpc) is 2.39. The largest absolute Gasteiger partial charge is 0.381 e. The first-order chi connectivity index (χ1) is 8.65. The summed E-state index contributed by atoms with van der Waals surface area (Å²) >= 11 is 0. The molecule has 0 aromatic rings. The molecule has 0 atom stereocenters. The minimum absolute atomic E-state index is 0. The summed E-state index contributed by atoms with van der Waals surface area (Å²) in [6, 6.07) is 0. The van der Waals surface area contributed by atoms with Gasteiger partial charge >= 0.3 is 0 Å². The highest BCUT2D eigenvalue weighted by molar-refractivity contribution is 5.85. The van der Waals surface area contributed by atoms with Gasteiger partial charge in [-0.05, 0) is 6.92 Å². The van der Waals surface area contributed by atoms with Crippen LogP contribution in [0.4, 0.5) is 0 Å². The molecule has 1 fully saturated rings. The van der Waals surface area contributed by atoms with Crippen LogP contribution in [0, 0.1) is 0 Å². The normalized spacial score (nSPS) is 14.7. The van der Waals surface area contributed by atoms with Gasteiger partial charge in [-0.2, -0.15) is 0 Å². The number of hydrogen-bond donors (Lipinski definition) is 1. The quantitative estimate of drug-likeness (QED) is 0.685. The first-order valence-electron chi connectivity index (χ1n) is 6.45. The molecule has 0 aromatic heterocycles. The molecule has 1 N–H and O–H groups in total. The van der Waals surface area contributed by atoms with Crippen LogP contribution in [0.2, 0.25) is 0 Å². The van der Waals surface area contributed by atoms with E-state index < -0.39 is 0 Å². The number of ether oxygens (including phenoxy) is 1. The zero-order valence-corrected chi connectivity index (χ0v) is 12.5. The van der Waals surface area contributed by atoms with E-state index in [0.717, 1.165) is 26.2 Å². The minimum Gasteiger partial charge on any atom is -0.381 e. The van der Waals surface area contributed by atoms with Gasteiger partial charge in [0.25, 0.3) is 0 Å². The maximum atomic E-state index is 11.9. The van der Waals surface area contributed by atoms with Crippen LogP contribution in [-0.4, -0.2) is 74.6 Å². The number of carbonyl (C=O) groups excluding carboxylic acids is 2. The molecule has 0 aromatic carbocycles. The summed E-state index contributed by atoms with van der Waals surface area (Å²) in [5.74, 6) is -0.0318. The van der Waals surface area contributed by atoms with Crippen molar-refractivity contribution in [3.8, 4) is 0 Å². The maximum absolute atomic E-state index is 11.9. The first kappa shape index (κ1) is 18.1. The molecule has 0 spiro atoms. The third kappa shape index (κ3) is 6.75. The molecule has 1 heterocycles. The molecular formula is C12H24ClN3O3. The molecule has 0 aliphatic carbocycles. The second kappa shape index (κ2) is 10.00. The molecule has 112 valence electrons. The Hall–Kier alpha value is -0.850. The van der Waals surface area contributed by atoms with Crippen LogP contribution in [0.5, 0.6) is 0 Å². The standard InChI is InChI=1S/C12H23N3O3.ClH/c1-3-18-9-4-11(16)14(2)10-12(17)15-7-5-13-6-8-15;/h13H,3-10H2,1-2H3;1H. The number of piperazine rings is 1. The molecule has 7 heteroatoms. The Balaban J connectivity index is 0.00000324. The fourth-order valence-electron chi connectivity index (χ4n) is 1.80. The highest BCUT2D eigenvalue weighted by Crippen LogP contribution is 1.98. The molecule has 0 radical (unpaired) electrons. The van der Waals surface area contributed by atoms with Gasteiger partial charge in [0.1, 0.15) is 0 Å². The third-order valence-corrected chi connectivity index (χ3v) is 2.93. The number of amides is 2. The lowest BCUT2D eigenvalue weighted by molar-refractivity contribution is -0.140. The van der Waals surface area contributed by atoms with Crippen LogP contribution in [0.15, 0.2) is 0 Å². The third-order valence-electron chi connectivity index (χ3n) is 2.93. The summed E-state index contributed by atoms with van der Waals surface area (Å²) in [6.07, 6.45) is 0.333. The van der Waals surface area contributed by atoms with Gasteiger partial charge in [-0.15, -0.1) is 12.4 Å². The molecule has 2 amide bonds. The lowest BCUT2D eigenvalue weighted by Crippen LogP contribution is -2.49. The molecule has 1 rings (SSSR count). The molecule has 19 heavy (non-hydrogen) atoms. The van der Waals surface area contributed by atoms with Gasteiger partial charge in [0.15, 0.2) is 0 Å². The lowest BCUT2D eigenvalue weighted by atomic mass is 10.3. The van der Waals surface area contributed by atoms with Crippen molar-refractivity contribution in [1.29, 1.82) is 0 Å². The molecule has 1 aliphatic heterocycles. The molecular weight excluding hydrogens is 270 g/mol. The summed E-state index contributed by atoms with van der Waals surface area (Å²) in [4.78, 5) is 26.9. The second-order valence-corrected chi connectivity index (χ2v) is 4.33. The number of nitrogens with one attached hydrogen (secondary N) is 1. The van der Waals surface area contributed by atoms with Gasteiger partial charge < -0.3 is 19.9 Å². The average molecular weight is 294 g/mol. The number of likely N-dealkylation sites (N-methyl/N-ethyl adjacent to an activating group) is 1. The Bertz CT molecular complexity index is 283. The summed E-state index contributed by atoms with van der Waals surface area (Å²) < 4.78 is 5.12. The molecule has 0 bridgehead atoms. The molecule has 1 aliphatic rings. The van der Waals surface area contributed by atoms with E-state index in [1.165, 1.54) is 4.90 Å². The monoisotopic (exact) mass is 293 g/mol. The van der Waals surface area contributed by atoms with E-state index in [9.17, 15) is 9.59 Å². The van der Waals surface area contributed by atoms with Crippen molar-refractivity contribution in [3.05, 3.63) is 0 Å². The number of halogens is 1. The summed E-state index contributed by atoms with van der Waals surface area (Å²) in [7, 11) is 1.66. The highest BCUT2D eigenvalue weighted by atomic mass is 35.5. The summed E-state index contributed by atoms with van der Waals surface area (Å²) in [6.45, 7) is 6.17. The SMILES string of the molecule is CCOCCC(=O)N(C)CC(=O)N1CCNCC1.Cl. The molecule has 0 saturated carbocycles. The fraction of sp³-hybridized carbons (Fsp3) is 0.833. The smallest absolute Gasteiger partial charge is 0.242 e. The zero-order valence-electron chi connectivity index (χ0n) is 11.7. The predicted octanol–water partition coefficient (Wildman–Crippen LogP) is -0.275. The van der Waals surface area contributed by atoms with Crippen LogP contribution in [0.25, 0.3) is 0 Å². The minimum atomic E-state index is -0.0491. The van der Waals surface area contributed by atoms with Crippen molar-refractivity contribution in [2.75, 3.05) is 53.0 Å². The maximum Gasteiger partial charge on any atom is 0.242 e. The Morgan fingerprint density at radius 2 is 1.95 bits per heavy atom. The van der Waals surface area contributed by atoms with Gasteiger partial charge in [0.2, 0.25) is 11.8 Å². The van der Waals surface area contributed by atoms with Gasteiger partial charge in [-0.1, -0.05) is 0 Å². The van der Waals surface area contributed by atoms with Crippen LogP contribution >= 0.6 is 12.4 Å². The fourth-order valence-corrected chi connectivity index (χ4v) is 1.80. The first-order valence-corrected chi connectivity index (χ1v) is 6.45. The van der Waals surface area contributed by atoms with Gasteiger partial charge in [0.05, 0.1) is 19.6 Å². The van der Waals surface area contributed by atoms with Crippen molar-refractivity contribution < 1.29 is 14.3 Å². The van der Waals surface area contributed by atoms with E-state index in [-0.39, 0.29) is 30.8 Å². The Labute approximate surface area is 120 Å².